The van der Waals surface area contributed by atoms with Crippen LogP contribution in [-0.4, -0.2) is 29.0 Å². The fourth-order valence-corrected chi connectivity index (χ4v) is 1.81. The van der Waals surface area contributed by atoms with Gasteiger partial charge in [0.1, 0.15) is 5.82 Å². The van der Waals surface area contributed by atoms with Gasteiger partial charge in [-0.2, -0.15) is 0 Å². The van der Waals surface area contributed by atoms with E-state index in [1.165, 1.54) is 12.3 Å². The quantitative estimate of drug-likeness (QED) is 0.757. The van der Waals surface area contributed by atoms with Crippen molar-refractivity contribution in [2.24, 2.45) is 5.73 Å². The highest BCUT2D eigenvalue weighted by molar-refractivity contribution is 5.10. The maximum Gasteiger partial charge on any atom is 0.141 e. The molecule has 0 aliphatic carbocycles. The molecule has 76 valence electrons. The molecule has 1 aliphatic rings. The molecule has 0 spiro atoms. The third-order valence-corrected chi connectivity index (χ3v) is 2.48. The van der Waals surface area contributed by atoms with Gasteiger partial charge in [0.2, 0.25) is 0 Å². The van der Waals surface area contributed by atoms with Crippen LogP contribution < -0.4 is 5.73 Å². The Kier molecular flexibility index (Phi) is 2.74. The van der Waals surface area contributed by atoms with E-state index in [-0.39, 0.29) is 11.9 Å². The van der Waals surface area contributed by atoms with E-state index < -0.39 is 0 Å². The van der Waals surface area contributed by atoms with Gasteiger partial charge in [-0.3, -0.25) is 9.88 Å². The van der Waals surface area contributed by atoms with Gasteiger partial charge in [0.05, 0.1) is 6.20 Å². The highest BCUT2D eigenvalue weighted by atomic mass is 19.1. The number of hydrogen-bond donors (Lipinski definition) is 1. The molecule has 1 aromatic rings. The smallest absolute Gasteiger partial charge is 0.141 e. The minimum atomic E-state index is -0.272. The Balaban J connectivity index is 1.97. The molecule has 0 bridgehead atoms. The number of halogens is 1. The molecule has 0 aromatic carbocycles. The van der Waals surface area contributed by atoms with Gasteiger partial charge < -0.3 is 5.73 Å². The Bertz CT molecular complexity index is 316. The summed E-state index contributed by atoms with van der Waals surface area (Å²) >= 11 is 0. The lowest BCUT2D eigenvalue weighted by molar-refractivity contribution is 0.326. The van der Waals surface area contributed by atoms with Gasteiger partial charge in [-0.1, -0.05) is 0 Å². The van der Waals surface area contributed by atoms with Gasteiger partial charge in [0.15, 0.2) is 0 Å². The summed E-state index contributed by atoms with van der Waals surface area (Å²) < 4.78 is 12.8. The van der Waals surface area contributed by atoms with E-state index in [1.54, 1.807) is 6.20 Å². The van der Waals surface area contributed by atoms with Crippen molar-refractivity contribution in [1.29, 1.82) is 0 Å². The zero-order chi connectivity index (χ0) is 9.97. The zero-order valence-corrected chi connectivity index (χ0v) is 7.99. The average Bonchev–Trinajstić information content (AvgIpc) is 2.51. The van der Waals surface area contributed by atoms with E-state index in [2.05, 4.69) is 9.88 Å². The largest absolute Gasteiger partial charge is 0.326 e. The van der Waals surface area contributed by atoms with E-state index >= 15 is 0 Å². The summed E-state index contributed by atoms with van der Waals surface area (Å²) in [6, 6.07) is 1.80. The fraction of sp³-hybridized carbons (Fsp3) is 0.500. The highest BCUT2D eigenvalue weighted by Gasteiger charge is 2.18. The fourth-order valence-electron chi connectivity index (χ4n) is 1.81. The van der Waals surface area contributed by atoms with E-state index in [4.69, 9.17) is 5.73 Å². The van der Waals surface area contributed by atoms with Crippen molar-refractivity contribution in [2.45, 2.75) is 19.0 Å². The first kappa shape index (κ1) is 9.55. The van der Waals surface area contributed by atoms with Crippen molar-refractivity contribution in [1.82, 2.24) is 9.88 Å². The minimum Gasteiger partial charge on any atom is -0.326 e. The van der Waals surface area contributed by atoms with Gasteiger partial charge in [-0.25, -0.2) is 4.39 Å². The molecule has 0 radical (unpaired) electrons. The van der Waals surface area contributed by atoms with Crippen molar-refractivity contribution in [2.75, 3.05) is 13.1 Å². The topological polar surface area (TPSA) is 42.1 Å². The van der Waals surface area contributed by atoms with Crippen LogP contribution in [0.3, 0.4) is 0 Å². The normalized spacial score (nSPS) is 22.9. The number of pyridine rings is 1. The molecule has 2 N–H and O–H groups in total. The van der Waals surface area contributed by atoms with E-state index in [0.717, 1.165) is 31.6 Å². The second-order valence-electron chi connectivity index (χ2n) is 3.80. The van der Waals surface area contributed by atoms with Crippen molar-refractivity contribution in [3.8, 4) is 0 Å². The lowest BCUT2D eigenvalue weighted by Crippen LogP contribution is -2.26. The lowest BCUT2D eigenvalue weighted by atomic mass is 10.2. The molecule has 1 atom stereocenters. The van der Waals surface area contributed by atoms with Crippen molar-refractivity contribution < 1.29 is 4.39 Å². The summed E-state index contributed by atoms with van der Waals surface area (Å²) in [6.07, 6.45) is 3.95. The average molecular weight is 195 g/mol. The maximum atomic E-state index is 12.8. The van der Waals surface area contributed by atoms with Crippen LogP contribution in [-0.2, 0) is 6.54 Å². The summed E-state index contributed by atoms with van der Waals surface area (Å²) in [5, 5.41) is 0. The number of nitrogens with two attached hydrogens (primary N) is 1. The van der Waals surface area contributed by atoms with Crippen LogP contribution in [0, 0.1) is 5.82 Å². The van der Waals surface area contributed by atoms with Gasteiger partial charge in [-0.15, -0.1) is 0 Å². The summed E-state index contributed by atoms with van der Waals surface area (Å²) in [6.45, 7) is 2.65. The monoisotopic (exact) mass is 195 g/mol. The molecule has 1 fully saturated rings. The first-order valence-electron chi connectivity index (χ1n) is 4.81. The van der Waals surface area contributed by atoms with Crippen LogP contribution in [0.25, 0.3) is 0 Å². The number of nitrogens with zero attached hydrogens (tertiary/aromatic N) is 2. The maximum absolute atomic E-state index is 12.8. The lowest BCUT2D eigenvalue weighted by Gasteiger charge is -2.14. The minimum absolute atomic E-state index is 0.272. The van der Waals surface area contributed by atoms with Gasteiger partial charge in [-0.05, 0) is 18.1 Å². The number of rotatable bonds is 2. The Morgan fingerprint density at radius 2 is 2.43 bits per heavy atom. The van der Waals surface area contributed by atoms with Gasteiger partial charge >= 0.3 is 0 Å². The molecule has 4 heteroatoms. The number of aromatic nitrogens is 1. The van der Waals surface area contributed by atoms with E-state index in [1.807, 2.05) is 0 Å². The summed E-state index contributed by atoms with van der Waals surface area (Å²) in [4.78, 5) is 6.04. The van der Waals surface area contributed by atoms with Crippen LogP contribution >= 0.6 is 0 Å². The van der Waals surface area contributed by atoms with Crippen LogP contribution in [0.1, 0.15) is 12.0 Å². The Hall–Kier alpha value is -1.00. The Morgan fingerprint density at radius 3 is 3.07 bits per heavy atom. The Morgan fingerprint density at radius 1 is 1.57 bits per heavy atom. The Labute approximate surface area is 82.7 Å². The predicted molar refractivity (Wildman–Crippen MR) is 52.1 cm³/mol. The van der Waals surface area contributed by atoms with E-state index in [9.17, 15) is 4.39 Å². The molecule has 14 heavy (non-hydrogen) atoms. The van der Waals surface area contributed by atoms with Crippen molar-refractivity contribution >= 4 is 0 Å². The molecule has 1 aliphatic heterocycles. The van der Waals surface area contributed by atoms with Crippen LogP contribution in [0.4, 0.5) is 4.39 Å². The van der Waals surface area contributed by atoms with Gasteiger partial charge in [0, 0.05) is 31.9 Å². The van der Waals surface area contributed by atoms with E-state index in [0.29, 0.717) is 0 Å². The third-order valence-electron chi connectivity index (χ3n) is 2.48. The van der Waals surface area contributed by atoms with Crippen molar-refractivity contribution in [3.05, 3.63) is 29.8 Å². The second-order valence-corrected chi connectivity index (χ2v) is 3.80. The van der Waals surface area contributed by atoms with Crippen molar-refractivity contribution in [3.63, 3.8) is 0 Å². The van der Waals surface area contributed by atoms with Crippen LogP contribution in [0.5, 0.6) is 0 Å². The SMILES string of the molecule is N[C@@H]1CCN(Cc2cncc(F)c2)C1. The van der Waals surface area contributed by atoms with Gasteiger partial charge in [0.25, 0.3) is 0 Å². The number of hydrogen-bond acceptors (Lipinski definition) is 3. The molecule has 2 rings (SSSR count). The molecular formula is C10H14FN3. The number of likely N-dealkylation sites (tertiary alicyclic amines) is 1. The van der Waals surface area contributed by atoms with Crippen LogP contribution in [0.15, 0.2) is 18.5 Å². The molecule has 1 aromatic heterocycles. The molecule has 0 unspecified atom stereocenters. The first-order valence-corrected chi connectivity index (χ1v) is 4.81. The molecular weight excluding hydrogens is 181 g/mol. The molecule has 2 heterocycles. The summed E-state index contributed by atoms with van der Waals surface area (Å²) in [7, 11) is 0. The molecule has 0 saturated carbocycles. The molecule has 1 saturated heterocycles. The highest BCUT2D eigenvalue weighted by Crippen LogP contribution is 2.11. The second kappa shape index (κ2) is 4.02. The zero-order valence-electron chi connectivity index (χ0n) is 7.99. The summed E-state index contributed by atoms with van der Waals surface area (Å²) in [5.41, 5.74) is 6.69. The first-order chi connectivity index (χ1) is 6.74. The standard InChI is InChI=1S/C10H14FN3/c11-9-3-8(4-13-5-9)6-14-2-1-10(12)7-14/h3-5,10H,1-2,6-7,12H2/t10-/m1/s1. The predicted octanol–water partition coefficient (Wildman–Crippen LogP) is 0.754. The molecule has 0 amide bonds. The van der Waals surface area contributed by atoms with Crippen LogP contribution in [0.2, 0.25) is 0 Å². The molecule has 3 nitrogen and oxygen atoms in total. The third kappa shape index (κ3) is 2.27. The summed E-state index contributed by atoms with van der Waals surface area (Å²) in [5.74, 6) is -0.272.